The zero-order chi connectivity index (χ0) is 17.5. The van der Waals surface area contributed by atoms with Crippen molar-refractivity contribution in [3.05, 3.63) is 34.4 Å². The van der Waals surface area contributed by atoms with Crippen molar-refractivity contribution in [2.75, 3.05) is 19.7 Å². The molecule has 24 heavy (non-hydrogen) atoms. The van der Waals surface area contributed by atoms with Crippen LogP contribution in [0.4, 0.5) is 5.69 Å². The highest BCUT2D eigenvalue weighted by atomic mass is 16.6. The molecule has 1 amide bonds. The summed E-state index contributed by atoms with van der Waals surface area (Å²) in [6, 6.07) is 5.56. The van der Waals surface area contributed by atoms with Gasteiger partial charge in [-0.2, -0.15) is 0 Å². The molecule has 8 nitrogen and oxygen atoms in total. The van der Waals surface area contributed by atoms with E-state index in [1.165, 1.54) is 24.3 Å². The number of carbonyl (C=O) groups is 2. The summed E-state index contributed by atoms with van der Waals surface area (Å²) < 4.78 is 5.38. The Hall–Kier alpha value is -2.64. The number of rotatable bonds is 7. The smallest absolute Gasteiger partial charge is 0.303 e. The molecule has 2 rings (SSSR count). The Bertz CT molecular complexity index is 601. The van der Waals surface area contributed by atoms with Crippen molar-refractivity contribution in [3.63, 3.8) is 0 Å². The number of benzene rings is 1. The zero-order valence-electron chi connectivity index (χ0n) is 13.2. The number of ether oxygens (including phenoxy) is 1. The highest BCUT2D eigenvalue weighted by molar-refractivity contribution is 5.77. The van der Waals surface area contributed by atoms with Gasteiger partial charge in [-0.25, -0.2) is 0 Å². The fourth-order valence-electron chi connectivity index (χ4n) is 2.76. The molecule has 0 radical (unpaired) electrons. The molecule has 0 bridgehead atoms. The topological polar surface area (TPSA) is 110 Å². The largest absolute Gasteiger partial charge is 0.484 e. The molecule has 1 aromatic carbocycles. The summed E-state index contributed by atoms with van der Waals surface area (Å²) in [4.78, 5) is 34.6. The molecule has 1 unspecified atom stereocenters. The average Bonchev–Trinajstić information content (AvgIpc) is 2.58. The predicted molar refractivity (Wildman–Crippen MR) is 84.8 cm³/mol. The number of nitrogens with zero attached hydrogens (tertiary/aromatic N) is 2. The quantitative estimate of drug-likeness (QED) is 0.603. The summed E-state index contributed by atoms with van der Waals surface area (Å²) >= 11 is 0. The van der Waals surface area contributed by atoms with Crippen LogP contribution in [0.1, 0.15) is 25.7 Å². The lowest BCUT2D eigenvalue weighted by Crippen LogP contribution is -2.42. The molecular formula is C16H20N2O6. The van der Waals surface area contributed by atoms with Crippen molar-refractivity contribution in [1.29, 1.82) is 0 Å². The first-order valence-electron chi connectivity index (χ1n) is 7.82. The number of likely N-dealkylation sites (tertiary alicyclic amines) is 1. The summed E-state index contributed by atoms with van der Waals surface area (Å²) in [5.74, 6) is -0.375. The first kappa shape index (κ1) is 17.7. The van der Waals surface area contributed by atoms with Crippen molar-refractivity contribution < 1.29 is 24.4 Å². The van der Waals surface area contributed by atoms with Gasteiger partial charge in [0.05, 0.1) is 4.92 Å². The summed E-state index contributed by atoms with van der Waals surface area (Å²) in [6.07, 6.45) is 2.47. The van der Waals surface area contributed by atoms with Gasteiger partial charge in [0.15, 0.2) is 6.61 Å². The first-order valence-corrected chi connectivity index (χ1v) is 7.82. The van der Waals surface area contributed by atoms with Crippen molar-refractivity contribution in [2.24, 2.45) is 5.92 Å². The molecular weight excluding hydrogens is 316 g/mol. The Morgan fingerprint density at radius 3 is 2.67 bits per heavy atom. The van der Waals surface area contributed by atoms with E-state index in [0.717, 1.165) is 12.8 Å². The Morgan fingerprint density at radius 1 is 1.33 bits per heavy atom. The van der Waals surface area contributed by atoms with Gasteiger partial charge >= 0.3 is 5.97 Å². The number of hydrogen-bond acceptors (Lipinski definition) is 5. The van der Waals surface area contributed by atoms with Gasteiger partial charge in [-0.05, 0) is 37.3 Å². The maximum Gasteiger partial charge on any atom is 0.303 e. The Balaban J connectivity index is 1.81. The van der Waals surface area contributed by atoms with Gasteiger partial charge in [-0.15, -0.1) is 0 Å². The first-order chi connectivity index (χ1) is 11.5. The fourth-order valence-corrected chi connectivity index (χ4v) is 2.76. The molecule has 1 fully saturated rings. The number of carboxylic acid groups (broad SMARTS) is 1. The third kappa shape index (κ3) is 5.22. The standard InChI is InChI=1S/C16H20N2O6/c19-15(11-24-14-6-4-13(5-7-14)18(22)23)17-9-1-2-12(10-17)3-8-16(20)21/h4-7,12H,1-3,8-11H2,(H,20,21). The summed E-state index contributed by atoms with van der Waals surface area (Å²) in [7, 11) is 0. The average molecular weight is 336 g/mol. The molecule has 1 aliphatic heterocycles. The Morgan fingerprint density at radius 2 is 2.04 bits per heavy atom. The van der Waals surface area contributed by atoms with E-state index < -0.39 is 10.9 Å². The minimum Gasteiger partial charge on any atom is -0.484 e. The SMILES string of the molecule is O=C(O)CCC1CCCN(C(=O)COc2ccc([N+](=O)[O-])cc2)C1. The monoisotopic (exact) mass is 336 g/mol. The van der Waals surface area contributed by atoms with Crippen LogP contribution < -0.4 is 4.74 Å². The number of aliphatic carboxylic acids is 1. The van der Waals surface area contributed by atoms with E-state index in [4.69, 9.17) is 9.84 Å². The number of carboxylic acids is 1. The second-order valence-electron chi connectivity index (χ2n) is 5.82. The summed E-state index contributed by atoms with van der Waals surface area (Å²) in [6.45, 7) is 1.06. The molecule has 8 heteroatoms. The van der Waals surface area contributed by atoms with Crippen LogP contribution in [-0.2, 0) is 9.59 Å². The van der Waals surface area contributed by atoms with E-state index in [1.807, 2.05) is 0 Å². The number of non-ortho nitro benzene ring substituents is 1. The van der Waals surface area contributed by atoms with Crippen LogP contribution in [0.15, 0.2) is 24.3 Å². The molecule has 0 saturated carbocycles. The van der Waals surface area contributed by atoms with Crippen molar-refractivity contribution >= 4 is 17.6 Å². The van der Waals surface area contributed by atoms with E-state index in [2.05, 4.69) is 0 Å². The van der Waals surface area contributed by atoms with Crippen molar-refractivity contribution in [3.8, 4) is 5.75 Å². The maximum absolute atomic E-state index is 12.2. The molecule has 1 heterocycles. The van der Waals surface area contributed by atoms with Gasteiger partial charge in [0.1, 0.15) is 5.75 Å². The summed E-state index contributed by atoms with van der Waals surface area (Å²) in [5.41, 5.74) is -0.0361. The fraction of sp³-hybridized carbons (Fsp3) is 0.500. The second kappa shape index (κ2) is 8.28. The lowest BCUT2D eigenvalue weighted by atomic mass is 9.93. The second-order valence-corrected chi connectivity index (χ2v) is 5.82. The minimum atomic E-state index is -0.819. The van der Waals surface area contributed by atoms with Crippen LogP contribution >= 0.6 is 0 Å². The number of nitro groups is 1. The molecule has 1 aliphatic rings. The van der Waals surface area contributed by atoms with E-state index >= 15 is 0 Å². The number of piperidine rings is 1. The number of carbonyl (C=O) groups excluding carboxylic acids is 1. The van der Waals surface area contributed by atoms with Gasteiger partial charge in [0.2, 0.25) is 0 Å². The molecule has 0 aliphatic carbocycles. The van der Waals surface area contributed by atoms with Crippen molar-refractivity contribution in [1.82, 2.24) is 4.90 Å². The maximum atomic E-state index is 12.2. The van der Waals surface area contributed by atoms with E-state index in [0.29, 0.717) is 25.3 Å². The number of hydrogen-bond donors (Lipinski definition) is 1. The Kier molecular flexibility index (Phi) is 6.11. The van der Waals surface area contributed by atoms with Crippen molar-refractivity contribution in [2.45, 2.75) is 25.7 Å². The van der Waals surface area contributed by atoms with Gasteiger partial charge < -0.3 is 14.7 Å². The van der Waals surface area contributed by atoms with Gasteiger partial charge in [-0.3, -0.25) is 19.7 Å². The summed E-state index contributed by atoms with van der Waals surface area (Å²) in [5, 5.41) is 19.3. The molecule has 0 spiro atoms. The number of nitro benzene ring substituents is 1. The predicted octanol–water partition coefficient (Wildman–Crippen LogP) is 2.08. The van der Waals surface area contributed by atoms with E-state index in [1.54, 1.807) is 4.90 Å². The molecule has 130 valence electrons. The number of amides is 1. The lowest BCUT2D eigenvalue weighted by molar-refractivity contribution is -0.384. The van der Waals surface area contributed by atoms with Gasteiger partial charge in [0.25, 0.3) is 11.6 Å². The highest BCUT2D eigenvalue weighted by Gasteiger charge is 2.24. The Labute approximate surface area is 139 Å². The molecule has 1 N–H and O–H groups in total. The van der Waals surface area contributed by atoms with Gasteiger partial charge in [-0.1, -0.05) is 0 Å². The third-order valence-electron chi connectivity index (χ3n) is 4.05. The van der Waals surface area contributed by atoms with Crippen LogP contribution in [0.5, 0.6) is 5.75 Å². The molecule has 1 aromatic rings. The minimum absolute atomic E-state index is 0.0361. The van der Waals surface area contributed by atoms with E-state index in [-0.39, 0.29) is 30.5 Å². The normalized spacial score (nSPS) is 17.3. The van der Waals surface area contributed by atoms with Crippen LogP contribution in [-0.4, -0.2) is 46.5 Å². The van der Waals surface area contributed by atoms with Crippen LogP contribution in [0.2, 0.25) is 0 Å². The van der Waals surface area contributed by atoms with E-state index in [9.17, 15) is 19.7 Å². The molecule has 1 saturated heterocycles. The van der Waals surface area contributed by atoms with Crippen LogP contribution in [0.25, 0.3) is 0 Å². The highest BCUT2D eigenvalue weighted by Crippen LogP contribution is 2.22. The molecule has 0 aromatic heterocycles. The van der Waals surface area contributed by atoms with Gasteiger partial charge in [0, 0.05) is 31.6 Å². The van der Waals surface area contributed by atoms with Crippen LogP contribution in [0.3, 0.4) is 0 Å². The zero-order valence-corrected chi connectivity index (χ0v) is 13.2. The van der Waals surface area contributed by atoms with Crippen LogP contribution in [0, 0.1) is 16.0 Å². The molecule has 1 atom stereocenters. The third-order valence-corrected chi connectivity index (χ3v) is 4.05. The lowest BCUT2D eigenvalue weighted by Gasteiger charge is -2.32.